The maximum atomic E-state index is 6.36. The topological polar surface area (TPSA) is 119 Å². The molecule has 0 amide bonds. The lowest BCUT2D eigenvalue weighted by atomic mass is 10.1. The first-order chi connectivity index (χ1) is 25.7. The number of rotatable bonds is 10. The Balaban J connectivity index is 1.08. The van der Waals surface area contributed by atoms with Gasteiger partial charge in [-0.1, -0.05) is 24.3 Å². The van der Waals surface area contributed by atoms with Crippen LogP contribution in [0.15, 0.2) is 163 Å². The third-order valence-corrected chi connectivity index (χ3v) is 8.07. The van der Waals surface area contributed by atoms with Crippen LogP contribution < -0.4 is 18.9 Å². The average Bonchev–Trinajstić information content (AvgIpc) is 3.83. The van der Waals surface area contributed by atoms with E-state index in [1.807, 2.05) is 114 Å². The van der Waals surface area contributed by atoms with Gasteiger partial charge in [0.1, 0.15) is 34.5 Å². The Labute approximate surface area is 296 Å². The molecule has 11 heteroatoms. The second-order valence-electron chi connectivity index (χ2n) is 11.5. The van der Waals surface area contributed by atoms with Crippen LogP contribution in [0.25, 0.3) is 39.1 Å². The predicted molar refractivity (Wildman–Crippen MR) is 194 cm³/mol. The van der Waals surface area contributed by atoms with E-state index in [1.54, 1.807) is 43.1 Å². The molecule has 0 aliphatic rings. The van der Waals surface area contributed by atoms with Crippen molar-refractivity contribution in [2.45, 2.75) is 0 Å². The Morgan fingerprint density at radius 2 is 0.981 bits per heavy atom. The number of benzene rings is 4. The van der Waals surface area contributed by atoms with Gasteiger partial charge >= 0.3 is 0 Å². The van der Waals surface area contributed by atoms with Crippen molar-refractivity contribution in [2.24, 2.45) is 0 Å². The van der Waals surface area contributed by atoms with E-state index in [-0.39, 0.29) is 0 Å². The first-order valence-corrected chi connectivity index (χ1v) is 16.2. The fourth-order valence-corrected chi connectivity index (χ4v) is 5.77. The van der Waals surface area contributed by atoms with Gasteiger partial charge in [-0.05, 0) is 60.7 Å². The Morgan fingerprint density at radius 3 is 1.46 bits per heavy atom. The SMILES string of the molecule is c1ccc(Oc2cccc(Oc3ccc4c5ccc(Oc6cccc(Oc7ccccn7)c6)cc5n(-c5ncc(-c6cnco6)cn5)c4c3)c2)nc1. The van der Waals surface area contributed by atoms with Crippen molar-refractivity contribution >= 4 is 21.8 Å². The van der Waals surface area contributed by atoms with E-state index in [4.69, 9.17) is 33.3 Å². The maximum Gasteiger partial charge on any atom is 0.234 e. The molecule has 0 spiro atoms. The van der Waals surface area contributed by atoms with E-state index in [0.717, 1.165) is 21.8 Å². The molecule has 0 fully saturated rings. The summed E-state index contributed by atoms with van der Waals surface area (Å²) in [5.41, 5.74) is 2.38. The summed E-state index contributed by atoms with van der Waals surface area (Å²) in [6.07, 6.45) is 9.78. The Hall–Kier alpha value is -7.53. The summed E-state index contributed by atoms with van der Waals surface area (Å²) >= 11 is 0. The number of pyridine rings is 2. The van der Waals surface area contributed by atoms with Crippen molar-refractivity contribution in [3.63, 3.8) is 0 Å². The standard InChI is InChI=1S/C41H26N6O5/c1-3-17-43-39(11-1)51-30-9-5-7-28(19-30)49-32-13-15-34-35-16-14-33(50-29-8-6-10-31(20-29)52-40-12-2-4-18-44-40)22-37(35)47(36(34)21-32)41-45-23-27(24-46-41)38-25-42-26-48-38/h1-26H. The van der Waals surface area contributed by atoms with Crippen molar-refractivity contribution < 1.29 is 23.4 Å². The van der Waals surface area contributed by atoms with E-state index in [0.29, 0.717) is 63.5 Å². The van der Waals surface area contributed by atoms with Gasteiger partial charge in [-0.2, -0.15) is 0 Å². The lowest BCUT2D eigenvalue weighted by molar-refractivity contribution is 0.448. The predicted octanol–water partition coefficient (Wildman–Crippen LogP) is 10.2. The van der Waals surface area contributed by atoms with Crippen LogP contribution in [0.1, 0.15) is 0 Å². The maximum absolute atomic E-state index is 6.36. The highest BCUT2D eigenvalue weighted by molar-refractivity contribution is 6.09. The van der Waals surface area contributed by atoms with Gasteiger partial charge in [-0.3, -0.25) is 4.57 Å². The molecule has 0 radical (unpaired) electrons. The highest BCUT2D eigenvalue weighted by Gasteiger charge is 2.17. The van der Waals surface area contributed by atoms with Gasteiger partial charge in [-0.25, -0.2) is 24.9 Å². The van der Waals surface area contributed by atoms with E-state index in [2.05, 4.69) is 15.0 Å². The number of hydrogen-bond donors (Lipinski definition) is 0. The molecule has 0 aliphatic heterocycles. The first-order valence-electron chi connectivity index (χ1n) is 16.2. The van der Waals surface area contributed by atoms with Crippen molar-refractivity contribution in [1.82, 2.24) is 29.5 Å². The van der Waals surface area contributed by atoms with E-state index < -0.39 is 0 Å². The molecule has 11 nitrogen and oxygen atoms in total. The first kappa shape index (κ1) is 30.5. The zero-order valence-electron chi connectivity index (χ0n) is 27.2. The molecule has 0 saturated heterocycles. The molecule has 0 atom stereocenters. The zero-order chi connectivity index (χ0) is 34.7. The summed E-state index contributed by atoms with van der Waals surface area (Å²) in [5.74, 6) is 5.67. The molecule has 0 saturated carbocycles. The highest BCUT2D eigenvalue weighted by atomic mass is 16.5. The zero-order valence-corrected chi connectivity index (χ0v) is 27.2. The Kier molecular flexibility index (Phi) is 7.87. The Bertz CT molecular complexity index is 2490. The highest BCUT2D eigenvalue weighted by Crippen LogP contribution is 2.38. The fourth-order valence-electron chi connectivity index (χ4n) is 5.77. The lowest BCUT2D eigenvalue weighted by Crippen LogP contribution is -2.01. The van der Waals surface area contributed by atoms with Crippen LogP contribution in [0.3, 0.4) is 0 Å². The van der Waals surface area contributed by atoms with E-state index >= 15 is 0 Å². The summed E-state index contributed by atoms with van der Waals surface area (Å²) in [6.45, 7) is 0. The van der Waals surface area contributed by atoms with Crippen LogP contribution in [0.2, 0.25) is 0 Å². The molecule has 0 unspecified atom stereocenters. The third-order valence-electron chi connectivity index (χ3n) is 8.07. The molecule has 52 heavy (non-hydrogen) atoms. The van der Waals surface area contributed by atoms with Crippen molar-refractivity contribution in [1.29, 1.82) is 0 Å². The number of oxazole rings is 1. The molecule has 0 bridgehead atoms. The monoisotopic (exact) mass is 682 g/mol. The molecular formula is C41H26N6O5. The molecule has 4 aromatic carbocycles. The molecule has 5 aromatic heterocycles. The van der Waals surface area contributed by atoms with E-state index in [1.165, 1.54) is 6.39 Å². The van der Waals surface area contributed by atoms with Crippen LogP contribution in [-0.4, -0.2) is 29.5 Å². The minimum atomic E-state index is 0.453. The quantitative estimate of drug-likeness (QED) is 0.138. The van der Waals surface area contributed by atoms with Gasteiger partial charge in [0.15, 0.2) is 12.2 Å². The average molecular weight is 683 g/mol. The summed E-state index contributed by atoms with van der Waals surface area (Å²) in [7, 11) is 0. The van der Waals surface area contributed by atoms with Gasteiger partial charge in [0.05, 0.1) is 22.8 Å². The second-order valence-corrected chi connectivity index (χ2v) is 11.5. The molecule has 5 heterocycles. The number of aromatic nitrogens is 6. The number of hydrogen-bond acceptors (Lipinski definition) is 10. The molecule has 9 rings (SSSR count). The van der Waals surface area contributed by atoms with Crippen LogP contribution in [0.5, 0.6) is 46.3 Å². The number of fused-ring (bicyclic) bond motifs is 3. The fraction of sp³-hybridized carbons (Fsp3) is 0. The van der Waals surface area contributed by atoms with Crippen molar-refractivity contribution in [3.8, 4) is 63.5 Å². The normalized spacial score (nSPS) is 11.1. The third kappa shape index (κ3) is 6.32. The van der Waals surface area contributed by atoms with Crippen molar-refractivity contribution in [3.05, 3.63) is 159 Å². The minimum absolute atomic E-state index is 0.453. The number of ether oxygens (including phenoxy) is 4. The smallest absolute Gasteiger partial charge is 0.234 e. The number of nitrogens with zero attached hydrogens (tertiary/aromatic N) is 6. The van der Waals surface area contributed by atoms with Crippen LogP contribution >= 0.6 is 0 Å². The molecule has 250 valence electrons. The molecule has 0 N–H and O–H groups in total. The van der Waals surface area contributed by atoms with Gasteiger partial charge in [0.2, 0.25) is 17.7 Å². The second kappa shape index (κ2) is 13.4. The van der Waals surface area contributed by atoms with Gasteiger partial charge in [0, 0.05) is 72.0 Å². The summed E-state index contributed by atoms with van der Waals surface area (Å²) in [5, 5.41) is 1.96. The van der Waals surface area contributed by atoms with Crippen LogP contribution in [0, 0.1) is 0 Å². The Morgan fingerprint density at radius 1 is 0.462 bits per heavy atom. The van der Waals surface area contributed by atoms with Crippen LogP contribution in [0.4, 0.5) is 0 Å². The van der Waals surface area contributed by atoms with E-state index in [9.17, 15) is 0 Å². The van der Waals surface area contributed by atoms with Gasteiger partial charge < -0.3 is 23.4 Å². The minimum Gasteiger partial charge on any atom is -0.457 e. The summed E-state index contributed by atoms with van der Waals surface area (Å²) in [4.78, 5) is 22.0. The lowest BCUT2D eigenvalue weighted by Gasteiger charge is -2.11. The summed E-state index contributed by atoms with van der Waals surface area (Å²) < 4.78 is 32.0. The van der Waals surface area contributed by atoms with Crippen molar-refractivity contribution in [2.75, 3.05) is 0 Å². The largest absolute Gasteiger partial charge is 0.457 e. The van der Waals surface area contributed by atoms with Gasteiger partial charge in [-0.15, -0.1) is 0 Å². The molecule has 0 aliphatic carbocycles. The molecule has 9 aromatic rings. The van der Waals surface area contributed by atoms with Crippen LogP contribution in [-0.2, 0) is 0 Å². The molecular weight excluding hydrogens is 656 g/mol. The summed E-state index contributed by atoms with van der Waals surface area (Å²) in [6, 6.07) is 37.7. The van der Waals surface area contributed by atoms with Gasteiger partial charge in [0.25, 0.3) is 0 Å².